The molecule has 0 saturated carbocycles. The number of hydrogen-bond donors (Lipinski definition) is 3. The van der Waals surface area contributed by atoms with E-state index in [1.807, 2.05) is 13.0 Å². The molecule has 10 heteroatoms. The van der Waals surface area contributed by atoms with Crippen molar-refractivity contribution in [1.82, 2.24) is 25.5 Å². The van der Waals surface area contributed by atoms with Gasteiger partial charge in [-0.3, -0.25) is 9.89 Å². The van der Waals surface area contributed by atoms with Crippen molar-refractivity contribution >= 4 is 34.4 Å². The van der Waals surface area contributed by atoms with Gasteiger partial charge in [0.05, 0.1) is 16.7 Å². The van der Waals surface area contributed by atoms with Crippen molar-refractivity contribution in [3.05, 3.63) is 82.6 Å². The molecule has 32 heavy (non-hydrogen) atoms. The van der Waals surface area contributed by atoms with E-state index in [-0.39, 0.29) is 17.3 Å². The molecule has 1 aromatic carbocycles. The first-order chi connectivity index (χ1) is 15.4. The Morgan fingerprint density at radius 1 is 1.38 bits per heavy atom. The Labute approximate surface area is 188 Å². The molecule has 0 radical (unpaired) electrons. The summed E-state index contributed by atoms with van der Waals surface area (Å²) < 4.78 is 13.3. The minimum absolute atomic E-state index is 0.0152. The van der Waals surface area contributed by atoms with Crippen LogP contribution < -0.4 is 10.6 Å². The van der Waals surface area contributed by atoms with Gasteiger partial charge in [-0.25, -0.2) is 14.4 Å². The molecule has 0 aliphatic carbocycles. The maximum Gasteiger partial charge on any atom is 0.272 e. The lowest BCUT2D eigenvalue weighted by atomic mass is 10.2. The van der Waals surface area contributed by atoms with Gasteiger partial charge in [0, 0.05) is 13.1 Å². The fraction of sp³-hybridized carbons (Fsp3) is 0.136. The number of rotatable bonds is 8. The summed E-state index contributed by atoms with van der Waals surface area (Å²) in [6.45, 7) is 6.06. The Bertz CT molecular complexity index is 1270. The topological polar surface area (TPSA) is 119 Å². The van der Waals surface area contributed by atoms with Gasteiger partial charge in [-0.1, -0.05) is 42.0 Å². The van der Waals surface area contributed by atoms with Crippen LogP contribution in [0.3, 0.4) is 0 Å². The van der Waals surface area contributed by atoms with Gasteiger partial charge >= 0.3 is 0 Å². The zero-order chi connectivity index (χ0) is 23.1. The summed E-state index contributed by atoms with van der Waals surface area (Å²) in [5, 5.41) is 21.7. The number of anilines is 1. The Balaban J connectivity index is 1.71. The van der Waals surface area contributed by atoms with Crippen molar-refractivity contribution in [2.45, 2.75) is 13.5 Å². The van der Waals surface area contributed by atoms with E-state index in [2.05, 4.69) is 37.4 Å². The zero-order valence-electron chi connectivity index (χ0n) is 17.1. The minimum atomic E-state index is -0.524. The first-order valence-corrected chi connectivity index (χ1v) is 9.85. The summed E-state index contributed by atoms with van der Waals surface area (Å²) in [4.78, 5) is 20.9. The van der Waals surface area contributed by atoms with E-state index < -0.39 is 11.7 Å². The Hall–Kier alpha value is -4.03. The fourth-order valence-corrected chi connectivity index (χ4v) is 2.92. The SMILES string of the molecule is C=C/C(C#N)=C\C=C(/C)CNc1n[nH]c2c(C(=O)NCc3ccc(F)c(Cl)c3)ncnc12. The normalized spacial score (nSPS) is 11.8. The van der Waals surface area contributed by atoms with Crippen molar-refractivity contribution in [3.8, 4) is 6.07 Å². The number of hydrogen-bond acceptors (Lipinski definition) is 6. The smallest absolute Gasteiger partial charge is 0.272 e. The summed E-state index contributed by atoms with van der Waals surface area (Å²) in [6.07, 6.45) is 6.23. The van der Waals surface area contributed by atoms with Gasteiger partial charge in [0.1, 0.15) is 23.2 Å². The van der Waals surface area contributed by atoms with Crippen LogP contribution >= 0.6 is 11.6 Å². The van der Waals surface area contributed by atoms with Gasteiger partial charge in [-0.2, -0.15) is 10.4 Å². The minimum Gasteiger partial charge on any atom is -0.363 e. The summed E-state index contributed by atoms with van der Waals surface area (Å²) in [5.74, 6) is -0.505. The molecule has 0 saturated heterocycles. The first-order valence-electron chi connectivity index (χ1n) is 9.48. The highest BCUT2D eigenvalue weighted by molar-refractivity contribution is 6.30. The van der Waals surface area contributed by atoms with Crippen molar-refractivity contribution in [3.63, 3.8) is 0 Å². The number of amides is 1. The molecular formula is C22H19ClFN7O. The molecule has 0 unspecified atom stereocenters. The second-order valence-electron chi connectivity index (χ2n) is 6.75. The van der Waals surface area contributed by atoms with E-state index in [0.29, 0.717) is 34.5 Å². The zero-order valence-corrected chi connectivity index (χ0v) is 17.9. The van der Waals surface area contributed by atoms with Crippen LogP contribution in [0.1, 0.15) is 23.0 Å². The molecule has 3 aromatic rings. The number of nitriles is 1. The lowest BCUT2D eigenvalue weighted by Crippen LogP contribution is -2.24. The van der Waals surface area contributed by atoms with Crippen LogP contribution in [-0.4, -0.2) is 32.6 Å². The maximum atomic E-state index is 13.3. The quantitative estimate of drug-likeness (QED) is 0.351. The Kier molecular flexibility index (Phi) is 7.31. The standard InChI is InChI=1S/C22H19ClFN7O/c1-3-14(9-25)5-4-13(2)10-26-21-19-18(30-31-21)20(29-12-28-19)22(32)27-11-15-6-7-17(24)16(23)8-15/h3-8,12H,1,10-11H2,2H3,(H,27,32)(H2,26,30,31)/b13-4+,14-5+. The number of nitrogens with one attached hydrogen (secondary N) is 3. The van der Waals surface area contributed by atoms with Gasteiger partial charge in [0.15, 0.2) is 11.5 Å². The van der Waals surface area contributed by atoms with Crippen molar-refractivity contribution < 1.29 is 9.18 Å². The van der Waals surface area contributed by atoms with Crippen molar-refractivity contribution in [2.75, 3.05) is 11.9 Å². The number of nitrogens with zero attached hydrogens (tertiary/aromatic N) is 4. The monoisotopic (exact) mass is 451 g/mol. The predicted octanol–water partition coefficient (Wildman–Crippen LogP) is 4.07. The highest BCUT2D eigenvalue weighted by atomic mass is 35.5. The molecule has 0 atom stereocenters. The van der Waals surface area contributed by atoms with E-state index in [1.54, 1.807) is 12.2 Å². The molecule has 3 rings (SSSR count). The molecule has 0 aliphatic heterocycles. The summed E-state index contributed by atoms with van der Waals surface area (Å²) in [7, 11) is 0. The van der Waals surface area contributed by atoms with Gasteiger partial charge in [-0.15, -0.1) is 0 Å². The second-order valence-corrected chi connectivity index (χ2v) is 7.16. The van der Waals surface area contributed by atoms with Crippen LogP contribution in [0, 0.1) is 17.1 Å². The number of benzene rings is 1. The number of aromatic amines is 1. The summed E-state index contributed by atoms with van der Waals surface area (Å²) in [6, 6.07) is 6.25. The van der Waals surface area contributed by atoms with E-state index in [4.69, 9.17) is 16.9 Å². The third-order valence-corrected chi connectivity index (χ3v) is 4.72. The Morgan fingerprint density at radius 2 is 2.19 bits per heavy atom. The molecule has 2 heterocycles. The van der Waals surface area contributed by atoms with Gasteiger partial charge in [-0.05, 0) is 30.7 Å². The van der Waals surface area contributed by atoms with E-state index in [0.717, 1.165) is 5.57 Å². The number of aromatic nitrogens is 4. The molecule has 1 amide bonds. The van der Waals surface area contributed by atoms with Gasteiger partial charge in [0.2, 0.25) is 0 Å². The Morgan fingerprint density at radius 3 is 2.91 bits per heavy atom. The number of H-pyrrole nitrogens is 1. The lowest BCUT2D eigenvalue weighted by Gasteiger charge is -2.06. The van der Waals surface area contributed by atoms with E-state index >= 15 is 0 Å². The van der Waals surface area contributed by atoms with Crippen molar-refractivity contribution in [2.24, 2.45) is 0 Å². The molecule has 0 fully saturated rings. The van der Waals surface area contributed by atoms with Crippen LogP contribution in [0.25, 0.3) is 11.0 Å². The van der Waals surface area contributed by atoms with Gasteiger partial charge in [0.25, 0.3) is 5.91 Å². The third-order valence-electron chi connectivity index (χ3n) is 4.43. The molecule has 162 valence electrons. The van der Waals surface area contributed by atoms with Crippen LogP contribution in [-0.2, 0) is 6.54 Å². The fourth-order valence-electron chi connectivity index (χ4n) is 2.71. The third kappa shape index (κ3) is 5.36. The highest BCUT2D eigenvalue weighted by Gasteiger charge is 2.17. The average molecular weight is 452 g/mol. The van der Waals surface area contributed by atoms with E-state index in [1.165, 1.54) is 30.6 Å². The average Bonchev–Trinajstić information content (AvgIpc) is 3.22. The molecule has 0 bridgehead atoms. The number of carbonyl (C=O) groups excluding carboxylic acids is 1. The lowest BCUT2D eigenvalue weighted by molar-refractivity contribution is 0.0947. The first kappa shape index (κ1) is 22.7. The molecular weight excluding hydrogens is 433 g/mol. The number of halogens is 2. The van der Waals surface area contributed by atoms with Crippen molar-refractivity contribution in [1.29, 1.82) is 5.26 Å². The largest absolute Gasteiger partial charge is 0.363 e. The predicted molar refractivity (Wildman–Crippen MR) is 120 cm³/mol. The molecule has 0 aliphatic rings. The van der Waals surface area contributed by atoms with Crippen LogP contribution in [0.5, 0.6) is 0 Å². The maximum absolute atomic E-state index is 13.3. The highest BCUT2D eigenvalue weighted by Crippen LogP contribution is 2.20. The molecule has 8 nitrogen and oxygen atoms in total. The summed E-state index contributed by atoms with van der Waals surface area (Å²) in [5.41, 5.74) is 3.02. The molecule has 3 N–H and O–H groups in total. The van der Waals surface area contributed by atoms with Crippen LogP contribution in [0.15, 0.2) is 60.5 Å². The number of fused-ring (bicyclic) bond motifs is 1. The summed E-state index contributed by atoms with van der Waals surface area (Å²) >= 11 is 5.77. The van der Waals surface area contributed by atoms with E-state index in [9.17, 15) is 9.18 Å². The number of allylic oxidation sites excluding steroid dienone is 4. The number of carbonyl (C=O) groups is 1. The van der Waals surface area contributed by atoms with Crippen LogP contribution in [0.4, 0.5) is 10.2 Å². The van der Waals surface area contributed by atoms with Crippen LogP contribution in [0.2, 0.25) is 5.02 Å². The second kappa shape index (κ2) is 10.3. The van der Waals surface area contributed by atoms with Gasteiger partial charge < -0.3 is 10.6 Å². The molecule has 0 spiro atoms. The molecule has 2 aromatic heterocycles.